The van der Waals surface area contributed by atoms with Gasteiger partial charge in [-0.15, -0.1) is 11.8 Å². The molecule has 0 radical (unpaired) electrons. The van der Waals surface area contributed by atoms with Crippen LogP contribution in [-0.4, -0.2) is 36.8 Å². The summed E-state index contributed by atoms with van der Waals surface area (Å²) in [5.41, 5.74) is 2.39. The van der Waals surface area contributed by atoms with E-state index in [1.807, 2.05) is 37.4 Å². The molecule has 1 amide bonds. The summed E-state index contributed by atoms with van der Waals surface area (Å²) in [6.45, 7) is 4.05. The molecule has 2 aromatic carbocycles. The van der Waals surface area contributed by atoms with Crippen molar-refractivity contribution in [1.82, 2.24) is 4.90 Å². The number of hydrogen-bond acceptors (Lipinski definition) is 4. The highest BCUT2D eigenvalue weighted by molar-refractivity contribution is 8.00. The quantitative estimate of drug-likeness (QED) is 0.761. The smallest absolute Gasteiger partial charge is 0.232 e. The Kier molecular flexibility index (Phi) is 5.87. The molecule has 0 saturated heterocycles. The van der Waals surface area contributed by atoms with Gasteiger partial charge in [0.2, 0.25) is 5.91 Å². The lowest BCUT2D eigenvalue weighted by Crippen LogP contribution is -2.28. The van der Waals surface area contributed by atoms with Crippen molar-refractivity contribution < 1.29 is 14.3 Å². The van der Waals surface area contributed by atoms with Gasteiger partial charge >= 0.3 is 0 Å². The zero-order valence-electron chi connectivity index (χ0n) is 14.7. The van der Waals surface area contributed by atoms with Gasteiger partial charge in [-0.2, -0.15) is 0 Å². The zero-order valence-corrected chi connectivity index (χ0v) is 15.5. The minimum absolute atomic E-state index is 0.111. The first-order valence-electron chi connectivity index (χ1n) is 8.44. The van der Waals surface area contributed by atoms with E-state index >= 15 is 0 Å². The molecular formula is C20H23NO3S. The molecule has 0 bridgehead atoms. The Morgan fingerprint density at radius 1 is 1.12 bits per heavy atom. The normalized spacial score (nSPS) is 13.2. The molecule has 132 valence electrons. The van der Waals surface area contributed by atoms with Crippen LogP contribution >= 0.6 is 11.8 Å². The standard InChI is InChI=1S/C20H23NO3S/c1-15-6-3-4-7-16(15)13-21(2)20(22)14-25-17-8-9-18-19(12-17)24-11-5-10-23-18/h3-4,6-9,12H,5,10-11,13-14H2,1-2H3. The van der Waals surface area contributed by atoms with Crippen molar-refractivity contribution in [2.24, 2.45) is 0 Å². The van der Waals surface area contributed by atoms with Crippen LogP contribution in [-0.2, 0) is 11.3 Å². The van der Waals surface area contributed by atoms with E-state index in [0.29, 0.717) is 25.5 Å². The highest BCUT2D eigenvalue weighted by Gasteiger charge is 2.14. The molecule has 0 aliphatic carbocycles. The highest BCUT2D eigenvalue weighted by Crippen LogP contribution is 2.33. The highest BCUT2D eigenvalue weighted by atomic mass is 32.2. The first-order valence-corrected chi connectivity index (χ1v) is 9.43. The van der Waals surface area contributed by atoms with Gasteiger partial charge in [0.05, 0.1) is 19.0 Å². The van der Waals surface area contributed by atoms with Crippen molar-refractivity contribution in [3.8, 4) is 11.5 Å². The van der Waals surface area contributed by atoms with Crippen LogP contribution in [0, 0.1) is 6.92 Å². The van der Waals surface area contributed by atoms with E-state index in [2.05, 4.69) is 19.1 Å². The lowest BCUT2D eigenvalue weighted by Gasteiger charge is -2.18. The van der Waals surface area contributed by atoms with Gasteiger partial charge in [0.25, 0.3) is 0 Å². The number of ether oxygens (including phenoxy) is 2. The number of benzene rings is 2. The van der Waals surface area contributed by atoms with E-state index in [1.165, 1.54) is 22.9 Å². The SMILES string of the molecule is Cc1ccccc1CN(C)C(=O)CSc1ccc2c(c1)OCCCO2. The molecule has 4 nitrogen and oxygen atoms in total. The lowest BCUT2D eigenvalue weighted by molar-refractivity contribution is -0.127. The molecule has 25 heavy (non-hydrogen) atoms. The van der Waals surface area contributed by atoms with Gasteiger partial charge in [0.1, 0.15) is 0 Å². The van der Waals surface area contributed by atoms with Gasteiger partial charge in [0, 0.05) is 24.9 Å². The number of amides is 1. The van der Waals surface area contributed by atoms with E-state index in [0.717, 1.165) is 22.8 Å². The molecule has 0 saturated carbocycles. The topological polar surface area (TPSA) is 38.8 Å². The predicted octanol–water partition coefficient (Wildman–Crippen LogP) is 3.91. The third-order valence-corrected chi connectivity index (χ3v) is 5.15. The Morgan fingerprint density at radius 3 is 2.68 bits per heavy atom. The van der Waals surface area contributed by atoms with Crippen LogP contribution in [0.2, 0.25) is 0 Å². The van der Waals surface area contributed by atoms with Gasteiger partial charge in [-0.3, -0.25) is 4.79 Å². The van der Waals surface area contributed by atoms with Crippen molar-refractivity contribution in [3.05, 3.63) is 53.6 Å². The van der Waals surface area contributed by atoms with Gasteiger partial charge in [0.15, 0.2) is 11.5 Å². The minimum atomic E-state index is 0.111. The van der Waals surface area contributed by atoms with Gasteiger partial charge in [-0.05, 0) is 36.2 Å². The molecule has 3 rings (SSSR count). The molecule has 1 aliphatic rings. The predicted molar refractivity (Wildman–Crippen MR) is 100 cm³/mol. The minimum Gasteiger partial charge on any atom is -0.490 e. The van der Waals surface area contributed by atoms with E-state index < -0.39 is 0 Å². The summed E-state index contributed by atoms with van der Waals surface area (Å²) in [5.74, 6) is 2.07. The third-order valence-electron chi connectivity index (χ3n) is 4.18. The van der Waals surface area contributed by atoms with Crippen LogP contribution in [0.15, 0.2) is 47.4 Å². The number of aryl methyl sites for hydroxylation is 1. The number of carbonyl (C=O) groups is 1. The summed E-state index contributed by atoms with van der Waals surface area (Å²) in [6.07, 6.45) is 0.888. The summed E-state index contributed by atoms with van der Waals surface area (Å²) in [6, 6.07) is 14.0. The Hall–Kier alpha value is -2.14. The van der Waals surface area contributed by atoms with Crippen molar-refractivity contribution in [2.45, 2.75) is 24.8 Å². The number of carbonyl (C=O) groups excluding carboxylic acids is 1. The van der Waals surface area contributed by atoms with E-state index in [9.17, 15) is 4.79 Å². The molecule has 0 spiro atoms. The third kappa shape index (κ3) is 4.69. The summed E-state index contributed by atoms with van der Waals surface area (Å²) in [4.78, 5) is 15.2. The number of thioether (sulfide) groups is 1. The van der Waals surface area contributed by atoms with Crippen LogP contribution in [0.1, 0.15) is 17.5 Å². The average molecular weight is 357 g/mol. The number of fused-ring (bicyclic) bond motifs is 1. The van der Waals surface area contributed by atoms with Crippen LogP contribution in [0.25, 0.3) is 0 Å². The fraction of sp³-hybridized carbons (Fsp3) is 0.350. The summed E-state index contributed by atoms with van der Waals surface area (Å²) in [5, 5.41) is 0. The molecule has 0 aromatic heterocycles. The largest absolute Gasteiger partial charge is 0.490 e. The number of rotatable bonds is 5. The maximum atomic E-state index is 12.4. The molecule has 0 atom stereocenters. The second-order valence-electron chi connectivity index (χ2n) is 6.12. The fourth-order valence-corrected chi connectivity index (χ4v) is 3.49. The molecule has 1 heterocycles. The van der Waals surface area contributed by atoms with Gasteiger partial charge in [-0.25, -0.2) is 0 Å². The van der Waals surface area contributed by atoms with E-state index in [1.54, 1.807) is 4.90 Å². The van der Waals surface area contributed by atoms with Crippen LogP contribution in [0.4, 0.5) is 0 Å². The van der Waals surface area contributed by atoms with E-state index in [-0.39, 0.29) is 5.91 Å². The molecule has 1 aliphatic heterocycles. The van der Waals surface area contributed by atoms with Crippen molar-refractivity contribution >= 4 is 17.7 Å². The molecule has 0 N–H and O–H groups in total. The Morgan fingerprint density at radius 2 is 1.88 bits per heavy atom. The zero-order chi connectivity index (χ0) is 17.6. The first kappa shape index (κ1) is 17.7. The average Bonchev–Trinajstić information content (AvgIpc) is 2.86. The van der Waals surface area contributed by atoms with Crippen molar-refractivity contribution in [2.75, 3.05) is 26.0 Å². The molecule has 2 aromatic rings. The maximum Gasteiger partial charge on any atom is 0.232 e. The van der Waals surface area contributed by atoms with Crippen LogP contribution in [0.5, 0.6) is 11.5 Å². The lowest BCUT2D eigenvalue weighted by atomic mass is 10.1. The fourth-order valence-electron chi connectivity index (χ4n) is 2.62. The van der Waals surface area contributed by atoms with Crippen LogP contribution in [0.3, 0.4) is 0 Å². The number of hydrogen-bond donors (Lipinski definition) is 0. The maximum absolute atomic E-state index is 12.4. The molecule has 0 fully saturated rings. The van der Waals surface area contributed by atoms with Gasteiger partial charge < -0.3 is 14.4 Å². The molecule has 5 heteroatoms. The van der Waals surface area contributed by atoms with Crippen molar-refractivity contribution in [1.29, 1.82) is 0 Å². The molecule has 0 unspecified atom stereocenters. The summed E-state index contributed by atoms with van der Waals surface area (Å²) >= 11 is 1.52. The second-order valence-corrected chi connectivity index (χ2v) is 7.17. The Bertz CT molecular complexity index is 747. The summed E-state index contributed by atoms with van der Waals surface area (Å²) in [7, 11) is 1.85. The second kappa shape index (κ2) is 8.30. The Balaban J connectivity index is 1.57. The van der Waals surface area contributed by atoms with Gasteiger partial charge in [-0.1, -0.05) is 24.3 Å². The first-order chi connectivity index (χ1) is 12.1. The van der Waals surface area contributed by atoms with Crippen LogP contribution < -0.4 is 9.47 Å². The van der Waals surface area contributed by atoms with Crippen molar-refractivity contribution in [3.63, 3.8) is 0 Å². The monoisotopic (exact) mass is 357 g/mol. The summed E-state index contributed by atoms with van der Waals surface area (Å²) < 4.78 is 11.3. The number of nitrogens with zero attached hydrogens (tertiary/aromatic N) is 1. The van der Waals surface area contributed by atoms with E-state index in [4.69, 9.17) is 9.47 Å². The molecular weight excluding hydrogens is 334 g/mol. The Labute approximate surface area is 153 Å².